The zero-order valence-corrected chi connectivity index (χ0v) is 19.4. The molecule has 0 radical (unpaired) electrons. The van der Waals surface area contributed by atoms with Crippen LogP contribution in [0.5, 0.6) is 0 Å². The second-order valence-electron chi connectivity index (χ2n) is 8.84. The van der Waals surface area contributed by atoms with Gasteiger partial charge in [-0.25, -0.2) is 8.78 Å². The van der Waals surface area contributed by atoms with Crippen LogP contribution in [0.4, 0.5) is 14.5 Å². The molecule has 5 nitrogen and oxygen atoms in total. The predicted octanol–water partition coefficient (Wildman–Crippen LogP) is 4.00. The smallest absolute Gasteiger partial charge is 0.246 e. The minimum atomic E-state index is -0.783. The van der Waals surface area contributed by atoms with Gasteiger partial charge < -0.3 is 15.0 Å². The summed E-state index contributed by atoms with van der Waals surface area (Å²) in [5.74, 6) is -0.844. The molecule has 1 aliphatic heterocycles. The topological polar surface area (TPSA) is 44.8 Å². The number of carbonyl (C=O) groups excluding carboxylic acids is 1. The molecule has 176 valence electrons. The highest BCUT2D eigenvalue weighted by atomic mass is 35.5. The number of anilines is 1. The largest absolute Gasteiger partial charge is 0.369 e. The Hall–Kier alpha value is -1.44. The molecular formula is C23H36ClF2N3O2. The zero-order chi connectivity index (χ0) is 21.5. The third-order valence-electron chi connectivity index (χ3n) is 6.26. The van der Waals surface area contributed by atoms with Gasteiger partial charge in [-0.1, -0.05) is 6.07 Å². The molecule has 0 spiro atoms. The normalized spacial score (nSPS) is 22.3. The average molecular weight is 460 g/mol. The van der Waals surface area contributed by atoms with Crippen molar-refractivity contribution in [2.45, 2.75) is 58.1 Å². The Bertz CT molecular complexity index is 691. The van der Waals surface area contributed by atoms with Gasteiger partial charge in [-0.3, -0.25) is 9.69 Å². The standard InChI is InChI=1S/C23H35F2N3O2.ClH/c1-17(2)30-16-22(29)26-19-8-6-18(7-9-19)10-11-27-12-14-28(15-13-27)21-5-3-4-20(24)23(21)25;/h3-5,17-19H,6-16H2,1-2H3,(H,26,29);1H. The Labute approximate surface area is 190 Å². The molecular weight excluding hydrogens is 424 g/mol. The Balaban J connectivity index is 0.00000341. The number of hydrogen-bond donors (Lipinski definition) is 1. The summed E-state index contributed by atoms with van der Waals surface area (Å²) in [4.78, 5) is 16.3. The van der Waals surface area contributed by atoms with Gasteiger partial charge in [0, 0.05) is 32.2 Å². The van der Waals surface area contributed by atoms with Crippen molar-refractivity contribution in [1.82, 2.24) is 10.2 Å². The van der Waals surface area contributed by atoms with Crippen LogP contribution in [0.3, 0.4) is 0 Å². The molecule has 2 aliphatic rings. The molecule has 1 N–H and O–H groups in total. The van der Waals surface area contributed by atoms with E-state index in [2.05, 4.69) is 10.2 Å². The van der Waals surface area contributed by atoms with Crippen LogP contribution >= 0.6 is 12.4 Å². The molecule has 1 saturated heterocycles. The average Bonchev–Trinajstić information content (AvgIpc) is 2.74. The Kier molecular flexibility index (Phi) is 10.5. The SMILES string of the molecule is CC(C)OCC(=O)NC1CCC(CCN2CCN(c3cccc(F)c3F)CC2)CC1.Cl. The van der Waals surface area contributed by atoms with E-state index in [9.17, 15) is 13.6 Å². The van der Waals surface area contributed by atoms with Crippen molar-refractivity contribution in [3.63, 3.8) is 0 Å². The van der Waals surface area contributed by atoms with Crippen LogP contribution < -0.4 is 10.2 Å². The van der Waals surface area contributed by atoms with Gasteiger partial charge in [0.15, 0.2) is 11.6 Å². The van der Waals surface area contributed by atoms with Crippen LogP contribution in [0.2, 0.25) is 0 Å². The van der Waals surface area contributed by atoms with Gasteiger partial charge in [-0.05, 0) is 70.5 Å². The number of nitrogens with zero attached hydrogens (tertiary/aromatic N) is 2. The van der Waals surface area contributed by atoms with Gasteiger partial charge in [0.25, 0.3) is 0 Å². The van der Waals surface area contributed by atoms with Gasteiger partial charge >= 0.3 is 0 Å². The molecule has 1 aromatic rings. The first-order chi connectivity index (χ1) is 14.4. The first kappa shape index (κ1) is 25.8. The fourth-order valence-corrected chi connectivity index (χ4v) is 4.42. The molecule has 0 bridgehead atoms. The molecule has 1 saturated carbocycles. The van der Waals surface area contributed by atoms with Gasteiger partial charge in [0.1, 0.15) is 6.61 Å². The molecule has 0 aromatic heterocycles. The minimum Gasteiger partial charge on any atom is -0.369 e. The van der Waals surface area contributed by atoms with E-state index >= 15 is 0 Å². The number of ether oxygens (including phenoxy) is 1. The van der Waals surface area contributed by atoms with E-state index in [1.165, 1.54) is 0 Å². The molecule has 0 atom stereocenters. The third-order valence-corrected chi connectivity index (χ3v) is 6.26. The van der Waals surface area contributed by atoms with E-state index < -0.39 is 11.6 Å². The molecule has 1 aliphatic carbocycles. The van der Waals surface area contributed by atoms with Crippen LogP contribution in [0.15, 0.2) is 18.2 Å². The molecule has 0 unspecified atom stereocenters. The number of nitrogens with one attached hydrogen (secondary N) is 1. The highest BCUT2D eigenvalue weighted by Gasteiger charge is 2.25. The number of piperazine rings is 1. The summed E-state index contributed by atoms with van der Waals surface area (Å²) >= 11 is 0. The van der Waals surface area contributed by atoms with Crippen LogP contribution in [-0.2, 0) is 9.53 Å². The quantitative estimate of drug-likeness (QED) is 0.638. The van der Waals surface area contributed by atoms with Gasteiger partial charge in [0.2, 0.25) is 5.91 Å². The molecule has 31 heavy (non-hydrogen) atoms. The second-order valence-corrected chi connectivity index (χ2v) is 8.84. The summed E-state index contributed by atoms with van der Waals surface area (Å²) < 4.78 is 32.8. The number of amides is 1. The Morgan fingerprint density at radius 1 is 1.13 bits per heavy atom. The van der Waals surface area contributed by atoms with Gasteiger partial charge in [-0.15, -0.1) is 12.4 Å². The van der Waals surface area contributed by atoms with Crippen molar-refractivity contribution in [2.24, 2.45) is 5.92 Å². The number of halogens is 3. The fraction of sp³-hybridized carbons (Fsp3) is 0.696. The monoisotopic (exact) mass is 459 g/mol. The maximum absolute atomic E-state index is 14.0. The third kappa shape index (κ3) is 7.88. The first-order valence-electron chi connectivity index (χ1n) is 11.2. The Morgan fingerprint density at radius 3 is 2.45 bits per heavy atom. The van der Waals surface area contributed by atoms with E-state index in [4.69, 9.17) is 4.74 Å². The maximum atomic E-state index is 14.0. The Morgan fingerprint density at radius 2 is 1.81 bits per heavy atom. The molecule has 1 amide bonds. The number of hydrogen-bond acceptors (Lipinski definition) is 4. The van der Waals surface area contributed by atoms with Gasteiger partial charge in [-0.2, -0.15) is 0 Å². The lowest BCUT2D eigenvalue weighted by Gasteiger charge is -2.37. The van der Waals surface area contributed by atoms with Crippen LogP contribution in [0.1, 0.15) is 46.0 Å². The minimum absolute atomic E-state index is 0. The summed E-state index contributed by atoms with van der Waals surface area (Å²) in [5.41, 5.74) is 0.369. The van der Waals surface area contributed by atoms with E-state index in [-0.39, 0.29) is 37.1 Å². The highest BCUT2D eigenvalue weighted by molar-refractivity contribution is 5.85. The summed E-state index contributed by atoms with van der Waals surface area (Å²) in [7, 11) is 0. The van der Waals surface area contributed by atoms with Crippen LogP contribution in [-0.4, -0.2) is 62.3 Å². The van der Waals surface area contributed by atoms with Crippen molar-refractivity contribution in [3.05, 3.63) is 29.8 Å². The lowest BCUT2D eigenvalue weighted by Crippen LogP contribution is -2.47. The van der Waals surface area contributed by atoms with Crippen molar-refractivity contribution in [1.29, 1.82) is 0 Å². The lowest BCUT2D eigenvalue weighted by atomic mass is 9.84. The van der Waals surface area contributed by atoms with Crippen molar-refractivity contribution in [3.8, 4) is 0 Å². The number of carbonyl (C=O) groups is 1. The number of rotatable bonds is 8. The van der Waals surface area contributed by atoms with Gasteiger partial charge in [0.05, 0.1) is 11.8 Å². The first-order valence-corrected chi connectivity index (χ1v) is 11.2. The van der Waals surface area contributed by atoms with Crippen LogP contribution in [0.25, 0.3) is 0 Å². The van der Waals surface area contributed by atoms with Crippen molar-refractivity contribution < 1.29 is 18.3 Å². The summed E-state index contributed by atoms with van der Waals surface area (Å²) in [6.45, 7) is 8.23. The molecule has 8 heteroatoms. The van der Waals surface area contributed by atoms with Crippen molar-refractivity contribution >= 4 is 24.0 Å². The predicted molar refractivity (Wildman–Crippen MR) is 122 cm³/mol. The highest BCUT2D eigenvalue weighted by Crippen LogP contribution is 2.28. The number of benzene rings is 1. The van der Waals surface area contributed by atoms with E-state index in [1.807, 2.05) is 18.7 Å². The fourth-order valence-electron chi connectivity index (χ4n) is 4.42. The summed E-state index contributed by atoms with van der Waals surface area (Å²) in [6, 6.07) is 4.65. The van der Waals surface area contributed by atoms with Crippen molar-refractivity contribution in [2.75, 3.05) is 44.2 Å². The summed E-state index contributed by atoms with van der Waals surface area (Å²) in [5, 5.41) is 3.09. The summed E-state index contributed by atoms with van der Waals surface area (Å²) in [6.07, 6.45) is 5.58. The molecule has 3 rings (SSSR count). The molecule has 1 aromatic carbocycles. The van der Waals surface area contributed by atoms with E-state index in [0.717, 1.165) is 70.9 Å². The molecule has 1 heterocycles. The second kappa shape index (κ2) is 12.6. The maximum Gasteiger partial charge on any atom is 0.246 e. The molecule has 2 fully saturated rings. The van der Waals surface area contributed by atoms with Crippen LogP contribution in [0, 0.1) is 17.6 Å². The van der Waals surface area contributed by atoms with E-state index in [0.29, 0.717) is 11.6 Å². The lowest BCUT2D eigenvalue weighted by molar-refractivity contribution is -0.128. The van der Waals surface area contributed by atoms with E-state index in [1.54, 1.807) is 12.1 Å². The zero-order valence-electron chi connectivity index (χ0n) is 18.6.